The topological polar surface area (TPSA) is 80.8 Å². The number of benzene rings is 1. The Labute approximate surface area is 136 Å². The summed E-state index contributed by atoms with van der Waals surface area (Å²) in [5.74, 6) is -0.879. The molecule has 7 heteroatoms. The van der Waals surface area contributed by atoms with Gasteiger partial charge < -0.3 is 9.64 Å². The number of aryl methyl sites for hydroxylation is 1. The van der Waals surface area contributed by atoms with Crippen molar-refractivity contribution in [3.05, 3.63) is 34.9 Å². The van der Waals surface area contributed by atoms with E-state index in [2.05, 4.69) is 0 Å². The lowest BCUT2D eigenvalue weighted by atomic mass is 10.0. The van der Waals surface area contributed by atoms with Gasteiger partial charge in [0.25, 0.3) is 5.91 Å². The fourth-order valence-corrected chi connectivity index (χ4v) is 4.34. The van der Waals surface area contributed by atoms with Gasteiger partial charge in [-0.05, 0) is 37.5 Å². The predicted molar refractivity (Wildman–Crippen MR) is 86.0 cm³/mol. The molecular formula is C16H21NO5S. The van der Waals surface area contributed by atoms with Crippen LogP contribution < -0.4 is 0 Å². The molecule has 0 bridgehead atoms. The molecule has 0 spiro atoms. The number of amides is 1. The first-order valence-corrected chi connectivity index (χ1v) is 9.23. The van der Waals surface area contributed by atoms with E-state index in [0.29, 0.717) is 12.0 Å². The van der Waals surface area contributed by atoms with Gasteiger partial charge in [0.05, 0.1) is 17.1 Å². The van der Waals surface area contributed by atoms with Crippen LogP contribution >= 0.6 is 0 Å². The van der Waals surface area contributed by atoms with E-state index < -0.39 is 21.7 Å². The first-order chi connectivity index (χ1) is 10.7. The summed E-state index contributed by atoms with van der Waals surface area (Å²) in [4.78, 5) is 25.5. The SMILES string of the molecule is Cc1cccc(C(=O)OCC(=O)N(C)[C@@H]2CCS(=O)(=O)C2)c1C. The summed E-state index contributed by atoms with van der Waals surface area (Å²) in [7, 11) is -1.52. The minimum absolute atomic E-state index is 0.0276. The molecule has 1 aliphatic rings. The maximum atomic E-state index is 12.1. The molecule has 1 atom stereocenters. The van der Waals surface area contributed by atoms with Gasteiger partial charge in [-0.25, -0.2) is 13.2 Å². The van der Waals surface area contributed by atoms with Crippen molar-refractivity contribution in [3.63, 3.8) is 0 Å². The van der Waals surface area contributed by atoms with Crippen molar-refractivity contribution in [3.8, 4) is 0 Å². The molecule has 0 N–H and O–H groups in total. The lowest BCUT2D eigenvalue weighted by molar-refractivity contribution is -0.134. The summed E-state index contributed by atoms with van der Waals surface area (Å²) in [5.41, 5.74) is 2.23. The highest BCUT2D eigenvalue weighted by atomic mass is 32.2. The largest absolute Gasteiger partial charge is 0.452 e. The molecule has 0 saturated carbocycles. The Morgan fingerprint density at radius 2 is 2.00 bits per heavy atom. The number of hydrogen-bond donors (Lipinski definition) is 0. The Morgan fingerprint density at radius 3 is 2.61 bits per heavy atom. The van der Waals surface area contributed by atoms with Crippen molar-refractivity contribution in [2.24, 2.45) is 0 Å². The number of esters is 1. The fraction of sp³-hybridized carbons (Fsp3) is 0.500. The molecule has 0 aromatic heterocycles. The van der Waals surface area contributed by atoms with Crippen LogP contribution in [0.25, 0.3) is 0 Å². The Bertz CT molecular complexity index is 726. The van der Waals surface area contributed by atoms with Crippen molar-refractivity contribution in [2.75, 3.05) is 25.2 Å². The number of likely N-dealkylation sites (N-methyl/N-ethyl adjacent to an activating group) is 1. The standard InChI is InChI=1S/C16H21NO5S/c1-11-5-4-6-14(12(11)2)16(19)22-9-15(18)17(3)13-7-8-23(20,21)10-13/h4-6,13H,7-10H2,1-3H3/t13-/m1/s1. The molecule has 1 aromatic carbocycles. The molecule has 6 nitrogen and oxygen atoms in total. The number of carbonyl (C=O) groups excluding carboxylic acids is 2. The summed E-state index contributed by atoms with van der Waals surface area (Å²) >= 11 is 0. The minimum atomic E-state index is -3.06. The average molecular weight is 339 g/mol. The predicted octanol–water partition coefficient (Wildman–Crippen LogP) is 1.11. The van der Waals surface area contributed by atoms with Crippen LogP contribution in [0.1, 0.15) is 27.9 Å². The minimum Gasteiger partial charge on any atom is -0.452 e. The second-order valence-corrected chi connectivity index (χ2v) is 8.11. The van der Waals surface area contributed by atoms with E-state index in [9.17, 15) is 18.0 Å². The van der Waals surface area contributed by atoms with Gasteiger partial charge in [0.2, 0.25) is 0 Å². The van der Waals surface area contributed by atoms with E-state index in [4.69, 9.17) is 4.74 Å². The zero-order valence-corrected chi connectivity index (χ0v) is 14.4. The summed E-state index contributed by atoms with van der Waals surface area (Å²) < 4.78 is 28.0. The summed E-state index contributed by atoms with van der Waals surface area (Å²) in [6.07, 6.45) is 0.426. The third-order valence-electron chi connectivity index (χ3n) is 4.30. The van der Waals surface area contributed by atoms with Crippen molar-refractivity contribution in [1.82, 2.24) is 4.90 Å². The molecule has 1 fully saturated rings. The molecule has 0 radical (unpaired) electrons. The van der Waals surface area contributed by atoms with Gasteiger partial charge in [-0.3, -0.25) is 4.79 Å². The fourth-order valence-electron chi connectivity index (χ4n) is 2.56. The molecule has 126 valence electrons. The highest BCUT2D eigenvalue weighted by Gasteiger charge is 2.33. The van der Waals surface area contributed by atoms with E-state index in [0.717, 1.165) is 11.1 Å². The number of ether oxygens (including phenoxy) is 1. The van der Waals surface area contributed by atoms with E-state index in [-0.39, 0.29) is 24.2 Å². The van der Waals surface area contributed by atoms with Gasteiger partial charge in [0.1, 0.15) is 0 Å². The molecule has 1 saturated heterocycles. The lowest BCUT2D eigenvalue weighted by Gasteiger charge is -2.23. The molecule has 1 heterocycles. The summed E-state index contributed by atoms with van der Waals surface area (Å²) in [6.45, 7) is 3.33. The smallest absolute Gasteiger partial charge is 0.338 e. The van der Waals surface area contributed by atoms with E-state index in [1.54, 1.807) is 19.2 Å². The third-order valence-corrected chi connectivity index (χ3v) is 6.05. The Balaban J connectivity index is 1.94. The van der Waals surface area contributed by atoms with Gasteiger partial charge in [-0.15, -0.1) is 0 Å². The first-order valence-electron chi connectivity index (χ1n) is 7.40. The van der Waals surface area contributed by atoms with Crippen LogP contribution in [-0.4, -0.2) is 56.4 Å². The maximum Gasteiger partial charge on any atom is 0.338 e. The molecule has 0 unspecified atom stereocenters. The highest BCUT2D eigenvalue weighted by Crippen LogP contribution is 2.17. The van der Waals surface area contributed by atoms with Crippen molar-refractivity contribution >= 4 is 21.7 Å². The molecule has 23 heavy (non-hydrogen) atoms. The van der Waals surface area contributed by atoms with Crippen molar-refractivity contribution < 1.29 is 22.7 Å². The Kier molecular flexibility index (Phi) is 5.09. The molecular weight excluding hydrogens is 318 g/mol. The van der Waals surface area contributed by atoms with Crippen molar-refractivity contribution in [1.29, 1.82) is 0 Å². The summed E-state index contributed by atoms with van der Waals surface area (Å²) in [5, 5.41) is 0. The number of nitrogens with zero attached hydrogens (tertiary/aromatic N) is 1. The molecule has 1 amide bonds. The van der Waals surface area contributed by atoms with Gasteiger partial charge in [0, 0.05) is 13.1 Å². The average Bonchev–Trinajstić information content (AvgIpc) is 2.86. The number of carbonyl (C=O) groups is 2. The van der Waals surface area contributed by atoms with Gasteiger partial charge in [-0.2, -0.15) is 0 Å². The van der Waals surface area contributed by atoms with Crippen LogP contribution in [0.4, 0.5) is 0 Å². The van der Waals surface area contributed by atoms with E-state index >= 15 is 0 Å². The van der Waals surface area contributed by atoms with Crippen LogP contribution in [0, 0.1) is 13.8 Å². The first kappa shape index (κ1) is 17.5. The van der Waals surface area contributed by atoms with Gasteiger partial charge in [-0.1, -0.05) is 12.1 Å². The number of hydrogen-bond acceptors (Lipinski definition) is 5. The van der Waals surface area contributed by atoms with Crippen LogP contribution in [-0.2, 0) is 19.4 Å². The quantitative estimate of drug-likeness (QED) is 0.768. The normalized spacial score (nSPS) is 19.3. The lowest BCUT2D eigenvalue weighted by Crippen LogP contribution is -2.40. The van der Waals surface area contributed by atoms with Crippen LogP contribution in [0.2, 0.25) is 0 Å². The highest BCUT2D eigenvalue weighted by molar-refractivity contribution is 7.91. The number of sulfone groups is 1. The Morgan fingerprint density at radius 1 is 1.30 bits per heavy atom. The van der Waals surface area contributed by atoms with Crippen molar-refractivity contribution in [2.45, 2.75) is 26.3 Å². The zero-order valence-electron chi connectivity index (χ0n) is 13.5. The van der Waals surface area contributed by atoms with Gasteiger partial charge in [0.15, 0.2) is 16.4 Å². The van der Waals surface area contributed by atoms with Crippen LogP contribution in [0.5, 0.6) is 0 Å². The molecule has 1 aliphatic heterocycles. The third kappa shape index (κ3) is 4.10. The van der Waals surface area contributed by atoms with E-state index in [1.807, 2.05) is 19.9 Å². The Hall–Kier alpha value is -1.89. The van der Waals surface area contributed by atoms with Gasteiger partial charge >= 0.3 is 5.97 Å². The van der Waals surface area contributed by atoms with E-state index in [1.165, 1.54) is 4.90 Å². The zero-order chi connectivity index (χ0) is 17.2. The van der Waals surface area contributed by atoms with Crippen LogP contribution in [0.3, 0.4) is 0 Å². The van der Waals surface area contributed by atoms with Crippen LogP contribution in [0.15, 0.2) is 18.2 Å². The monoisotopic (exact) mass is 339 g/mol. The summed E-state index contributed by atoms with van der Waals surface area (Å²) in [6, 6.07) is 4.97. The second kappa shape index (κ2) is 6.70. The number of rotatable bonds is 4. The molecule has 1 aromatic rings. The second-order valence-electron chi connectivity index (χ2n) is 5.89. The molecule has 0 aliphatic carbocycles. The molecule has 2 rings (SSSR count). The maximum absolute atomic E-state index is 12.1.